The van der Waals surface area contributed by atoms with Gasteiger partial charge in [0.1, 0.15) is 18.1 Å². The first-order valence-corrected chi connectivity index (χ1v) is 7.08. The molecule has 22 heavy (non-hydrogen) atoms. The Morgan fingerprint density at radius 2 is 2.00 bits per heavy atom. The topological polar surface area (TPSA) is 76.1 Å². The number of rotatable bonds is 5. The van der Waals surface area contributed by atoms with Crippen molar-refractivity contribution in [1.82, 2.24) is 15.3 Å². The highest BCUT2D eigenvalue weighted by Gasteiger charge is 2.21. The summed E-state index contributed by atoms with van der Waals surface area (Å²) in [7, 11) is 0. The van der Waals surface area contributed by atoms with E-state index < -0.39 is 11.8 Å². The Kier molecular flexibility index (Phi) is 5.16. The van der Waals surface area contributed by atoms with Crippen molar-refractivity contribution in [2.45, 2.75) is 26.1 Å². The van der Waals surface area contributed by atoms with Crippen molar-refractivity contribution in [2.75, 3.05) is 5.32 Å². The Morgan fingerprint density at radius 3 is 2.68 bits per heavy atom. The number of alkyl carbamates (subject to hydrolysis) is 1. The molecule has 0 aliphatic carbocycles. The molecule has 2 rings (SSSR count). The van der Waals surface area contributed by atoms with E-state index in [2.05, 4.69) is 20.6 Å². The molecule has 1 heterocycles. The molecule has 6 nitrogen and oxygen atoms in total. The van der Waals surface area contributed by atoms with Gasteiger partial charge in [-0.2, -0.15) is 0 Å². The normalized spacial score (nSPS) is 10.9. The summed E-state index contributed by atoms with van der Waals surface area (Å²) >= 11 is 5.72. The van der Waals surface area contributed by atoms with E-state index in [0.717, 1.165) is 5.56 Å². The van der Waals surface area contributed by atoms with Crippen LogP contribution in [-0.4, -0.2) is 21.7 Å². The lowest BCUT2D eigenvalue weighted by molar-refractivity contribution is 0.132. The minimum absolute atomic E-state index is 0.132. The molecule has 0 aliphatic heterocycles. The number of nitrogens with zero attached hydrogens (tertiary/aromatic N) is 2. The van der Waals surface area contributed by atoms with Crippen LogP contribution in [0.2, 0.25) is 5.28 Å². The van der Waals surface area contributed by atoms with Crippen LogP contribution in [0.25, 0.3) is 0 Å². The van der Waals surface area contributed by atoms with Gasteiger partial charge in [-0.1, -0.05) is 30.3 Å². The molecule has 0 fully saturated rings. The third kappa shape index (κ3) is 5.21. The zero-order valence-corrected chi connectivity index (χ0v) is 13.1. The molecule has 0 bridgehead atoms. The summed E-state index contributed by atoms with van der Waals surface area (Å²) in [4.78, 5) is 19.7. The van der Waals surface area contributed by atoms with Crippen LogP contribution in [0.15, 0.2) is 42.6 Å². The van der Waals surface area contributed by atoms with Crippen LogP contribution in [0.1, 0.15) is 19.4 Å². The second-order valence-corrected chi connectivity index (χ2v) is 5.49. The van der Waals surface area contributed by atoms with Crippen molar-refractivity contribution in [3.63, 3.8) is 0 Å². The zero-order valence-electron chi connectivity index (χ0n) is 12.3. The van der Waals surface area contributed by atoms with Gasteiger partial charge in [0.25, 0.3) is 0 Å². The van der Waals surface area contributed by atoms with Crippen molar-refractivity contribution in [2.24, 2.45) is 0 Å². The number of hydrogen-bond acceptors (Lipinski definition) is 5. The van der Waals surface area contributed by atoms with Gasteiger partial charge in [0, 0.05) is 6.20 Å². The fraction of sp³-hybridized carbons (Fsp3) is 0.267. The van der Waals surface area contributed by atoms with E-state index in [1.54, 1.807) is 19.9 Å². The number of nitrogens with one attached hydrogen (secondary N) is 2. The van der Waals surface area contributed by atoms with Crippen molar-refractivity contribution in [1.29, 1.82) is 0 Å². The van der Waals surface area contributed by atoms with Gasteiger partial charge in [0.2, 0.25) is 5.28 Å². The third-order valence-electron chi connectivity index (χ3n) is 2.69. The molecule has 0 atom stereocenters. The van der Waals surface area contributed by atoms with Gasteiger partial charge in [0.15, 0.2) is 0 Å². The number of aromatic nitrogens is 2. The predicted octanol–water partition coefficient (Wildman–Crippen LogP) is 3.20. The summed E-state index contributed by atoms with van der Waals surface area (Å²) in [5.74, 6) is 0.508. The van der Waals surface area contributed by atoms with E-state index in [4.69, 9.17) is 16.3 Å². The summed E-state index contributed by atoms with van der Waals surface area (Å²) in [6.07, 6.45) is 1.00. The molecule has 1 aromatic heterocycles. The Balaban J connectivity index is 1.86. The van der Waals surface area contributed by atoms with E-state index >= 15 is 0 Å². The highest BCUT2D eigenvalue weighted by atomic mass is 35.5. The van der Waals surface area contributed by atoms with Crippen LogP contribution < -0.4 is 10.6 Å². The van der Waals surface area contributed by atoms with Crippen LogP contribution in [0.5, 0.6) is 0 Å². The molecule has 1 aromatic carbocycles. The van der Waals surface area contributed by atoms with Crippen LogP contribution >= 0.6 is 11.6 Å². The number of carbonyl (C=O) groups is 1. The smallest absolute Gasteiger partial charge is 0.409 e. The maximum absolute atomic E-state index is 11.9. The Bertz CT molecular complexity index is 634. The largest absolute Gasteiger partial charge is 0.445 e. The van der Waals surface area contributed by atoms with E-state index in [1.807, 2.05) is 30.3 Å². The second kappa shape index (κ2) is 7.09. The van der Waals surface area contributed by atoms with Crippen molar-refractivity contribution in [3.8, 4) is 0 Å². The van der Waals surface area contributed by atoms with Gasteiger partial charge < -0.3 is 10.1 Å². The summed E-state index contributed by atoms with van der Waals surface area (Å²) in [5.41, 5.74) is 0.164. The molecule has 0 aliphatic rings. The van der Waals surface area contributed by atoms with Gasteiger partial charge in [-0.3, -0.25) is 5.32 Å². The molecular formula is C15H17ClN4O2. The maximum Gasteiger partial charge on any atom is 0.409 e. The lowest BCUT2D eigenvalue weighted by atomic mass is 10.2. The van der Waals surface area contributed by atoms with Crippen molar-refractivity contribution >= 4 is 23.5 Å². The Hall–Kier alpha value is -2.34. The zero-order chi connectivity index (χ0) is 16.0. The molecule has 116 valence electrons. The quantitative estimate of drug-likeness (QED) is 0.653. The number of benzene rings is 1. The Morgan fingerprint density at radius 1 is 1.27 bits per heavy atom. The average molecular weight is 321 g/mol. The standard InChI is InChI=1S/C15H17ClN4O2/c1-15(2,19-12-8-9-17-13(16)18-12)20-14(21)22-10-11-6-4-3-5-7-11/h3-9H,10H2,1-2H3,(H,20,21)(H,17,18,19). The van der Waals surface area contributed by atoms with E-state index in [-0.39, 0.29) is 11.9 Å². The van der Waals surface area contributed by atoms with Gasteiger partial charge in [-0.25, -0.2) is 14.8 Å². The SMILES string of the molecule is CC(C)(NC(=O)OCc1ccccc1)Nc1ccnc(Cl)n1. The first-order chi connectivity index (χ1) is 10.4. The summed E-state index contributed by atoms with van der Waals surface area (Å²) in [5, 5.41) is 5.89. The molecule has 0 unspecified atom stereocenters. The summed E-state index contributed by atoms with van der Waals surface area (Å²) in [6, 6.07) is 11.1. The fourth-order valence-corrected chi connectivity index (χ4v) is 1.92. The highest BCUT2D eigenvalue weighted by molar-refractivity contribution is 6.28. The number of carbonyl (C=O) groups excluding carboxylic acids is 1. The lowest BCUT2D eigenvalue weighted by Crippen LogP contribution is -2.49. The Labute approximate surface area is 133 Å². The first-order valence-electron chi connectivity index (χ1n) is 6.70. The molecule has 0 radical (unpaired) electrons. The van der Waals surface area contributed by atoms with Gasteiger partial charge >= 0.3 is 6.09 Å². The molecule has 2 N–H and O–H groups in total. The maximum atomic E-state index is 11.9. The van der Waals surface area contributed by atoms with Crippen molar-refractivity contribution < 1.29 is 9.53 Å². The second-order valence-electron chi connectivity index (χ2n) is 5.15. The van der Waals surface area contributed by atoms with Gasteiger partial charge in [-0.05, 0) is 37.1 Å². The molecular weight excluding hydrogens is 304 g/mol. The van der Waals surface area contributed by atoms with Crippen molar-refractivity contribution in [3.05, 3.63) is 53.4 Å². The summed E-state index contributed by atoms with van der Waals surface area (Å²) < 4.78 is 5.18. The van der Waals surface area contributed by atoms with Crippen LogP contribution in [0.3, 0.4) is 0 Å². The van der Waals surface area contributed by atoms with Crippen LogP contribution in [0.4, 0.5) is 10.6 Å². The fourth-order valence-electron chi connectivity index (χ4n) is 1.77. The molecule has 0 saturated heterocycles. The minimum atomic E-state index is -0.758. The van der Waals surface area contributed by atoms with Gasteiger partial charge in [-0.15, -0.1) is 0 Å². The van der Waals surface area contributed by atoms with E-state index in [9.17, 15) is 4.79 Å². The number of ether oxygens (including phenoxy) is 1. The van der Waals surface area contributed by atoms with E-state index in [1.165, 1.54) is 6.20 Å². The summed E-state index contributed by atoms with van der Waals surface area (Å²) in [6.45, 7) is 3.78. The molecule has 0 spiro atoms. The first kappa shape index (κ1) is 16.0. The number of halogens is 1. The number of anilines is 1. The highest BCUT2D eigenvalue weighted by Crippen LogP contribution is 2.12. The van der Waals surface area contributed by atoms with Crippen LogP contribution in [0, 0.1) is 0 Å². The van der Waals surface area contributed by atoms with Gasteiger partial charge in [0.05, 0.1) is 0 Å². The molecule has 1 amide bonds. The van der Waals surface area contributed by atoms with Crippen LogP contribution in [-0.2, 0) is 11.3 Å². The molecule has 7 heteroatoms. The monoisotopic (exact) mass is 320 g/mol. The predicted molar refractivity (Wildman–Crippen MR) is 84.5 cm³/mol. The third-order valence-corrected chi connectivity index (χ3v) is 2.88. The lowest BCUT2D eigenvalue weighted by Gasteiger charge is -2.27. The number of hydrogen-bond donors (Lipinski definition) is 2. The minimum Gasteiger partial charge on any atom is -0.445 e. The molecule has 2 aromatic rings. The molecule has 0 saturated carbocycles. The van der Waals surface area contributed by atoms with E-state index in [0.29, 0.717) is 5.82 Å². The average Bonchev–Trinajstić information content (AvgIpc) is 2.45. The number of amides is 1.